The Kier molecular flexibility index (Phi) is 8.33. The van der Waals surface area contributed by atoms with E-state index in [0.717, 1.165) is 73.1 Å². The van der Waals surface area contributed by atoms with E-state index < -0.39 is 0 Å². The van der Waals surface area contributed by atoms with Crippen molar-refractivity contribution in [2.24, 2.45) is 5.92 Å². The van der Waals surface area contributed by atoms with Gasteiger partial charge < -0.3 is 19.2 Å². The molecular formula is C31H37FN4O3. The molecule has 2 heterocycles. The molecule has 8 heteroatoms. The minimum atomic E-state index is -0.306. The van der Waals surface area contributed by atoms with E-state index in [-0.39, 0.29) is 11.7 Å². The van der Waals surface area contributed by atoms with Crippen LogP contribution in [0.2, 0.25) is 0 Å². The Morgan fingerprint density at radius 1 is 1.18 bits per heavy atom. The number of hydrogen-bond acceptors (Lipinski definition) is 6. The van der Waals surface area contributed by atoms with Crippen LogP contribution in [0, 0.1) is 11.7 Å². The van der Waals surface area contributed by atoms with E-state index in [1.165, 1.54) is 12.1 Å². The Balaban J connectivity index is 1.51. The van der Waals surface area contributed by atoms with Gasteiger partial charge in [-0.05, 0) is 67.5 Å². The maximum absolute atomic E-state index is 13.6. The number of hydrazine groups is 1. The summed E-state index contributed by atoms with van der Waals surface area (Å²) < 4.78 is 20.0. The second kappa shape index (κ2) is 12.1. The summed E-state index contributed by atoms with van der Waals surface area (Å²) >= 11 is 0. The normalized spacial score (nSPS) is 17.2. The van der Waals surface area contributed by atoms with E-state index >= 15 is 0 Å². The Morgan fingerprint density at radius 3 is 2.67 bits per heavy atom. The lowest BCUT2D eigenvalue weighted by Crippen LogP contribution is -2.37. The van der Waals surface area contributed by atoms with Gasteiger partial charge in [0.1, 0.15) is 11.4 Å². The molecule has 2 aromatic carbocycles. The third-order valence-corrected chi connectivity index (χ3v) is 7.49. The van der Waals surface area contributed by atoms with E-state index in [2.05, 4.69) is 47.1 Å². The lowest BCUT2D eigenvalue weighted by atomic mass is 9.92. The number of nitrogens with zero attached hydrogens (tertiary/aromatic N) is 2. The van der Waals surface area contributed by atoms with Crippen LogP contribution in [-0.2, 0) is 4.79 Å². The van der Waals surface area contributed by atoms with Crippen LogP contribution in [0.1, 0.15) is 44.6 Å². The second-order valence-electron chi connectivity index (χ2n) is 10.2. The summed E-state index contributed by atoms with van der Waals surface area (Å²) in [6, 6.07) is 10.4. The van der Waals surface area contributed by atoms with Gasteiger partial charge in [-0.25, -0.2) is 9.82 Å². The predicted molar refractivity (Wildman–Crippen MR) is 154 cm³/mol. The molecule has 1 atom stereocenters. The van der Waals surface area contributed by atoms with Crippen LogP contribution >= 0.6 is 0 Å². The minimum Gasteiger partial charge on any atom is -0.452 e. The number of hydrogen-bond donors (Lipinski definition) is 2. The quantitative estimate of drug-likeness (QED) is 0.231. The van der Waals surface area contributed by atoms with Gasteiger partial charge in [0, 0.05) is 57.3 Å². The third-order valence-electron chi connectivity index (χ3n) is 7.49. The molecule has 5 rings (SSSR count). The summed E-state index contributed by atoms with van der Waals surface area (Å²) in [5.41, 5.74) is 10.8. The fourth-order valence-corrected chi connectivity index (χ4v) is 5.35. The lowest BCUT2D eigenvalue weighted by Gasteiger charge is -2.27. The molecule has 1 saturated heterocycles. The maximum atomic E-state index is 13.6. The van der Waals surface area contributed by atoms with Crippen LogP contribution in [0.25, 0.3) is 27.9 Å². The van der Waals surface area contributed by atoms with Crippen LogP contribution < -0.4 is 20.8 Å². The molecule has 1 fully saturated rings. The predicted octanol–water partition coefficient (Wildman–Crippen LogP) is 6.07. The molecule has 0 saturated carbocycles. The van der Waals surface area contributed by atoms with Crippen LogP contribution in [0.3, 0.4) is 0 Å². The van der Waals surface area contributed by atoms with Crippen molar-refractivity contribution in [3.63, 3.8) is 0 Å². The number of likely N-dealkylation sites (tertiary alicyclic amines) is 1. The fraction of sp³-hybridized carbons (Fsp3) is 0.387. The number of amides is 1. The van der Waals surface area contributed by atoms with Gasteiger partial charge in [0.05, 0.1) is 11.1 Å². The molecule has 2 N–H and O–H groups in total. The number of fused-ring (bicyclic) bond motifs is 1. The van der Waals surface area contributed by atoms with Gasteiger partial charge in [0.2, 0.25) is 11.7 Å². The van der Waals surface area contributed by atoms with Crippen molar-refractivity contribution in [2.45, 2.75) is 39.0 Å². The number of benzene rings is 2. The number of halogens is 1. The van der Waals surface area contributed by atoms with Gasteiger partial charge in [0.25, 0.3) is 0 Å². The van der Waals surface area contributed by atoms with Crippen molar-refractivity contribution in [2.75, 3.05) is 38.7 Å². The first kappa shape index (κ1) is 27.0. The number of furan rings is 1. The molecule has 206 valence electrons. The topological polar surface area (TPSA) is 70.0 Å². The number of allylic oxidation sites excluding steroid dienone is 4. The summed E-state index contributed by atoms with van der Waals surface area (Å²) in [6.07, 6.45) is 11.2. The molecule has 1 aromatic heterocycles. The molecule has 0 radical (unpaired) electrons. The van der Waals surface area contributed by atoms with E-state index in [0.29, 0.717) is 29.4 Å². The summed E-state index contributed by atoms with van der Waals surface area (Å²) in [4.78, 5) is 19.8. The van der Waals surface area contributed by atoms with Crippen molar-refractivity contribution >= 4 is 28.1 Å². The Labute approximate surface area is 229 Å². The van der Waals surface area contributed by atoms with Crippen molar-refractivity contribution in [3.8, 4) is 17.1 Å². The highest BCUT2D eigenvalue weighted by Gasteiger charge is 2.24. The third kappa shape index (κ3) is 5.87. The molecule has 1 unspecified atom stereocenters. The van der Waals surface area contributed by atoms with Crippen molar-refractivity contribution in [1.82, 2.24) is 15.8 Å². The number of unbranched alkanes of at least 4 members (excludes halogenated alkanes) is 1. The molecule has 39 heavy (non-hydrogen) atoms. The zero-order valence-corrected chi connectivity index (χ0v) is 22.9. The fourth-order valence-electron chi connectivity index (χ4n) is 5.35. The zero-order valence-electron chi connectivity index (χ0n) is 22.9. The minimum absolute atomic E-state index is 0.271. The summed E-state index contributed by atoms with van der Waals surface area (Å²) in [6.45, 7) is 4.66. The Morgan fingerprint density at radius 2 is 2.00 bits per heavy atom. The molecule has 1 amide bonds. The second-order valence-corrected chi connectivity index (χ2v) is 10.2. The van der Waals surface area contributed by atoms with Gasteiger partial charge in [-0.15, -0.1) is 0 Å². The van der Waals surface area contributed by atoms with E-state index in [9.17, 15) is 9.18 Å². The monoisotopic (exact) mass is 532 g/mol. The Bertz CT molecular complexity index is 1380. The summed E-state index contributed by atoms with van der Waals surface area (Å²) in [7, 11) is 3.63. The average Bonchev–Trinajstić information content (AvgIpc) is 3.52. The number of carbonyl (C=O) groups excluding carboxylic acids is 1. The maximum Gasteiger partial charge on any atom is 0.222 e. The molecule has 7 nitrogen and oxygen atoms in total. The highest BCUT2D eigenvalue weighted by atomic mass is 19.1. The zero-order chi connectivity index (χ0) is 27.4. The highest BCUT2D eigenvalue weighted by Crippen LogP contribution is 2.44. The summed E-state index contributed by atoms with van der Waals surface area (Å²) in [5, 5.41) is 2.98. The van der Waals surface area contributed by atoms with Crippen LogP contribution in [0.15, 0.2) is 59.0 Å². The van der Waals surface area contributed by atoms with Gasteiger partial charge >= 0.3 is 0 Å². The van der Waals surface area contributed by atoms with Crippen LogP contribution in [0.5, 0.6) is 5.75 Å². The number of carbonyl (C=O) groups is 1. The summed E-state index contributed by atoms with van der Waals surface area (Å²) in [5.74, 6) is 1.56. The SMILES string of the molecule is CNOc1c(-c2ccc(F)cc2)oc2cc(N(CCCCN3CCCC3=O)NC)c(C3=CCC(C)C=C3)cc12. The average molecular weight is 533 g/mol. The van der Waals surface area contributed by atoms with Crippen LogP contribution in [0.4, 0.5) is 10.1 Å². The van der Waals surface area contributed by atoms with Crippen LogP contribution in [-0.4, -0.2) is 44.5 Å². The van der Waals surface area contributed by atoms with E-state index in [4.69, 9.17) is 9.25 Å². The molecule has 3 aromatic rings. The number of rotatable bonds is 11. The number of nitrogens with one attached hydrogen (secondary N) is 2. The first-order chi connectivity index (χ1) is 19.0. The molecule has 1 aliphatic carbocycles. The first-order valence-corrected chi connectivity index (χ1v) is 13.8. The van der Waals surface area contributed by atoms with Crippen molar-refractivity contribution in [3.05, 3.63) is 66.0 Å². The van der Waals surface area contributed by atoms with Gasteiger partial charge in [-0.2, -0.15) is 5.48 Å². The van der Waals surface area contributed by atoms with Gasteiger partial charge in [-0.3, -0.25) is 4.79 Å². The van der Waals surface area contributed by atoms with Crippen molar-refractivity contribution < 1.29 is 18.4 Å². The molecule has 2 aliphatic rings. The smallest absolute Gasteiger partial charge is 0.222 e. The van der Waals surface area contributed by atoms with E-state index in [1.54, 1.807) is 19.2 Å². The van der Waals surface area contributed by atoms with Crippen molar-refractivity contribution in [1.29, 1.82) is 0 Å². The molecule has 0 bridgehead atoms. The number of anilines is 1. The first-order valence-electron chi connectivity index (χ1n) is 13.8. The molecule has 0 spiro atoms. The van der Waals surface area contributed by atoms with Gasteiger partial charge in [0.15, 0.2) is 5.76 Å². The highest BCUT2D eigenvalue weighted by molar-refractivity contribution is 5.98. The largest absolute Gasteiger partial charge is 0.452 e. The Hall–Kier alpha value is -3.62. The molecular weight excluding hydrogens is 495 g/mol. The van der Waals surface area contributed by atoms with E-state index in [1.807, 2.05) is 18.0 Å². The number of hydroxylamine groups is 1. The standard InChI is InChI=1S/C31H37FN4O3/c1-21-8-10-22(11-9-21)25-19-26-28(38-30(31(26)39-34-3)23-12-14-24(32)15-13-23)20-27(25)36(33-2)18-5-4-16-35-17-6-7-29(35)37/h8,10-15,19-21,33-34H,4-7,9,16-18H2,1-3H3. The molecule has 1 aliphatic heterocycles. The van der Waals surface area contributed by atoms with Gasteiger partial charge in [-0.1, -0.05) is 25.2 Å². The lowest BCUT2D eigenvalue weighted by molar-refractivity contribution is -0.127.